The number of rotatable bonds is 1. The van der Waals surface area contributed by atoms with Crippen LogP contribution >= 0.6 is 39.1 Å². The number of halogens is 3. The molecule has 0 atom stereocenters. The van der Waals surface area contributed by atoms with Gasteiger partial charge >= 0.3 is 12.2 Å². The molecule has 204 valence electrons. The molecule has 9 heteroatoms. The molecule has 2 aromatic carbocycles. The fraction of sp³-hybridized carbons (Fsp3) is 0.379. The summed E-state index contributed by atoms with van der Waals surface area (Å²) in [7, 11) is 0. The van der Waals surface area contributed by atoms with Crippen molar-refractivity contribution < 1.29 is 19.1 Å². The first-order chi connectivity index (χ1) is 17.5. The van der Waals surface area contributed by atoms with Gasteiger partial charge in [-0.05, 0) is 103 Å². The Labute approximate surface area is 241 Å². The smallest absolute Gasteiger partial charge is 0.419 e. The lowest BCUT2D eigenvalue weighted by molar-refractivity contribution is 0.0530. The summed E-state index contributed by atoms with van der Waals surface area (Å²) in [5.74, 6) is 0. The van der Waals surface area contributed by atoms with Crippen LogP contribution in [0, 0.1) is 13.8 Å². The van der Waals surface area contributed by atoms with Crippen molar-refractivity contribution in [2.45, 2.75) is 71.9 Å². The summed E-state index contributed by atoms with van der Waals surface area (Å²) < 4.78 is 14.1. The minimum atomic E-state index is -0.524. The van der Waals surface area contributed by atoms with E-state index in [-0.39, 0.29) is 12.2 Å². The number of alkyl halides is 1. The Balaban J connectivity index is 0.000000211. The molecule has 0 amide bonds. The van der Waals surface area contributed by atoms with Gasteiger partial charge in [0.2, 0.25) is 0 Å². The van der Waals surface area contributed by atoms with Gasteiger partial charge < -0.3 is 9.47 Å². The van der Waals surface area contributed by atoms with Crippen LogP contribution in [0.2, 0.25) is 10.0 Å². The van der Waals surface area contributed by atoms with Crippen molar-refractivity contribution >= 4 is 73.1 Å². The Hall–Kier alpha value is -2.48. The Morgan fingerprint density at radius 3 is 1.82 bits per heavy atom. The van der Waals surface area contributed by atoms with E-state index in [9.17, 15) is 9.59 Å². The summed E-state index contributed by atoms with van der Waals surface area (Å²) in [6.07, 6.45) is -0.732. The molecule has 0 unspecified atom stereocenters. The molecule has 0 spiro atoms. The molecule has 4 rings (SSSR count). The van der Waals surface area contributed by atoms with Crippen molar-refractivity contribution in [3.63, 3.8) is 0 Å². The molecule has 0 N–H and O–H groups in total. The largest absolute Gasteiger partial charge is 0.443 e. The summed E-state index contributed by atoms with van der Waals surface area (Å²) in [6.45, 7) is 15.0. The fourth-order valence-corrected chi connectivity index (χ4v) is 4.72. The number of carbonyl (C=O) groups is 2. The van der Waals surface area contributed by atoms with Gasteiger partial charge in [0.15, 0.2) is 0 Å². The second kappa shape index (κ2) is 11.3. The first kappa shape index (κ1) is 30.1. The third-order valence-electron chi connectivity index (χ3n) is 5.61. The number of benzene rings is 2. The van der Waals surface area contributed by atoms with Crippen molar-refractivity contribution in [1.29, 1.82) is 0 Å². The van der Waals surface area contributed by atoms with Crippen LogP contribution < -0.4 is 0 Å². The minimum absolute atomic E-state index is 0.356. The lowest BCUT2D eigenvalue weighted by atomic mass is 10.2. The van der Waals surface area contributed by atoms with Gasteiger partial charge in [-0.1, -0.05) is 39.1 Å². The summed E-state index contributed by atoms with van der Waals surface area (Å²) >= 11 is 15.4. The quantitative estimate of drug-likeness (QED) is 0.198. The van der Waals surface area contributed by atoms with Gasteiger partial charge in [-0.15, -0.1) is 0 Å². The number of carbonyl (C=O) groups excluding carboxylic acids is 2. The number of hydrogen-bond acceptors (Lipinski definition) is 4. The van der Waals surface area contributed by atoms with Gasteiger partial charge in [-0.2, -0.15) is 0 Å². The van der Waals surface area contributed by atoms with Crippen molar-refractivity contribution in [1.82, 2.24) is 9.13 Å². The number of ether oxygens (including phenoxy) is 2. The molecule has 0 aliphatic rings. The molecule has 2 heterocycles. The summed E-state index contributed by atoms with van der Waals surface area (Å²) in [5.41, 5.74) is 3.35. The molecule has 0 fully saturated rings. The zero-order valence-electron chi connectivity index (χ0n) is 22.9. The van der Waals surface area contributed by atoms with Crippen LogP contribution in [0.15, 0.2) is 42.5 Å². The highest BCUT2D eigenvalue weighted by Gasteiger charge is 2.23. The third-order valence-corrected chi connectivity index (χ3v) is 6.66. The Bertz CT molecular complexity index is 1510. The van der Waals surface area contributed by atoms with Gasteiger partial charge in [0.05, 0.1) is 11.0 Å². The van der Waals surface area contributed by atoms with Gasteiger partial charge in [-0.25, -0.2) is 18.7 Å². The van der Waals surface area contributed by atoms with Crippen LogP contribution in [0.3, 0.4) is 0 Å². The lowest BCUT2D eigenvalue weighted by Gasteiger charge is -2.20. The highest BCUT2D eigenvalue weighted by Crippen LogP contribution is 2.29. The number of aromatic nitrogens is 2. The summed E-state index contributed by atoms with van der Waals surface area (Å²) in [6, 6.07) is 12.9. The maximum absolute atomic E-state index is 12.3. The van der Waals surface area contributed by atoms with E-state index in [2.05, 4.69) is 15.9 Å². The SMILES string of the molecule is CC(C)(C)OC(=O)n1c(CBr)cc2cc(Cl)ccc21.Cc1c(C)n(C(=O)OC(C)(C)C)c2ccc(Cl)cc12. The van der Waals surface area contributed by atoms with E-state index in [1.807, 2.05) is 85.7 Å². The number of hydrogen-bond donors (Lipinski definition) is 0. The summed E-state index contributed by atoms with van der Waals surface area (Å²) in [4.78, 5) is 24.6. The molecule has 0 bridgehead atoms. The minimum Gasteiger partial charge on any atom is -0.443 e. The number of nitrogens with zero attached hydrogens (tertiary/aromatic N) is 2. The molecular weight excluding hydrogens is 591 g/mol. The van der Waals surface area contributed by atoms with Crippen LogP contribution in [0.5, 0.6) is 0 Å². The average molecular weight is 624 g/mol. The van der Waals surface area contributed by atoms with Crippen molar-refractivity contribution in [2.75, 3.05) is 0 Å². The van der Waals surface area contributed by atoms with Gasteiger partial charge in [0.25, 0.3) is 0 Å². The second-order valence-electron chi connectivity index (χ2n) is 11.0. The van der Waals surface area contributed by atoms with Gasteiger partial charge in [0.1, 0.15) is 11.2 Å². The molecular formula is C29H33BrCl2N2O4. The predicted octanol–water partition coefficient (Wildman–Crippen LogP) is 9.67. The van der Waals surface area contributed by atoms with Gasteiger partial charge in [-0.3, -0.25) is 0 Å². The van der Waals surface area contributed by atoms with Crippen molar-refractivity contribution in [3.05, 3.63) is 69.5 Å². The standard InChI is InChI=1S/C15H18ClNO2.C14H15BrClNO2/c1-9-10(2)17(14(18)19-15(3,4)5)13-7-6-11(16)8-12(9)13;1-14(2,3)19-13(18)17-11(8-15)7-9-6-10(16)4-5-12(9)17/h6-8H,1-5H3;4-7H,8H2,1-3H3. The molecule has 0 radical (unpaired) electrons. The van der Waals surface area contributed by atoms with Crippen LogP contribution in [0.25, 0.3) is 21.8 Å². The maximum atomic E-state index is 12.3. The highest BCUT2D eigenvalue weighted by molar-refractivity contribution is 9.08. The molecule has 0 saturated carbocycles. The first-order valence-corrected chi connectivity index (χ1v) is 14.0. The first-order valence-electron chi connectivity index (χ1n) is 12.1. The predicted molar refractivity (Wildman–Crippen MR) is 159 cm³/mol. The molecule has 6 nitrogen and oxygen atoms in total. The Morgan fingerprint density at radius 1 is 0.789 bits per heavy atom. The summed E-state index contributed by atoms with van der Waals surface area (Å²) in [5, 5.41) is 3.79. The topological polar surface area (TPSA) is 62.5 Å². The van der Waals surface area contributed by atoms with Crippen molar-refractivity contribution in [2.24, 2.45) is 0 Å². The van der Waals surface area contributed by atoms with E-state index in [4.69, 9.17) is 32.7 Å². The van der Waals surface area contributed by atoms with Crippen LogP contribution in [0.4, 0.5) is 9.59 Å². The van der Waals surface area contributed by atoms with E-state index in [0.29, 0.717) is 15.4 Å². The zero-order chi connectivity index (χ0) is 28.6. The number of fused-ring (bicyclic) bond motifs is 2. The fourth-order valence-electron chi connectivity index (χ4n) is 3.95. The van der Waals surface area contributed by atoms with E-state index < -0.39 is 11.2 Å². The molecule has 2 aromatic heterocycles. The zero-order valence-corrected chi connectivity index (χ0v) is 26.0. The monoisotopic (exact) mass is 622 g/mol. The maximum Gasteiger partial charge on any atom is 0.419 e. The normalized spacial score (nSPS) is 11.9. The van der Waals surface area contributed by atoms with E-state index >= 15 is 0 Å². The van der Waals surface area contributed by atoms with Crippen molar-refractivity contribution in [3.8, 4) is 0 Å². The van der Waals surface area contributed by atoms with E-state index in [0.717, 1.165) is 38.8 Å². The van der Waals surface area contributed by atoms with Crippen LogP contribution in [0.1, 0.15) is 58.5 Å². The second-order valence-corrected chi connectivity index (χ2v) is 12.4. The Kier molecular flexibility index (Phi) is 8.96. The molecule has 0 aliphatic heterocycles. The highest BCUT2D eigenvalue weighted by atomic mass is 79.9. The third kappa shape index (κ3) is 6.93. The molecule has 0 saturated heterocycles. The van der Waals surface area contributed by atoms with E-state index in [1.54, 1.807) is 21.3 Å². The lowest BCUT2D eigenvalue weighted by Crippen LogP contribution is -2.27. The van der Waals surface area contributed by atoms with Crippen LogP contribution in [-0.4, -0.2) is 32.5 Å². The van der Waals surface area contributed by atoms with Crippen LogP contribution in [-0.2, 0) is 14.8 Å². The number of aryl methyl sites for hydroxylation is 1. The molecule has 38 heavy (non-hydrogen) atoms. The molecule has 4 aromatic rings. The average Bonchev–Trinajstić information content (AvgIpc) is 3.26. The molecule has 0 aliphatic carbocycles. The Morgan fingerprint density at radius 2 is 1.29 bits per heavy atom. The van der Waals surface area contributed by atoms with Gasteiger partial charge in [0, 0.05) is 37.5 Å². The van der Waals surface area contributed by atoms with E-state index in [1.165, 1.54) is 0 Å².